The molecular formula is C19H14F3N5O2S. The SMILES string of the molecule is Cc1ccccc1OCC(=O)Nc1ccc(-c2nn3c(C(F)(F)F)nnc3s2)cc1. The Balaban J connectivity index is 1.43. The number of benzene rings is 2. The number of nitrogens with zero attached hydrogens (tertiary/aromatic N) is 4. The van der Waals surface area contributed by atoms with E-state index in [1.165, 1.54) is 0 Å². The number of rotatable bonds is 5. The second-order valence-corrected chi connectivity index (χ2v) is 7.26. The second-order valence-electron chi connectivity index (χ2n) is 6.30. The highest BCUT2D eigenvalue weighted by molar-refractivity contribution is 7.19. The summed E-state index contributed by atoms with van der Waals surface area (Å²) in [6.45, 7) is 1.74. The number of para-hydroxylation sites is 1. The van der Waals surface area contributed by atoms with Crippen LogP contribution in [-0.2, 0) is 11.0 Å². The Morgan fingerprint density at radius 3 is 2.57 bits per heavy atom. The maximum Gasteiger partial charge on any atom is 0.453 e. The number of fused-ring (bicyclic) bond motifs is 1. The normalized spacial score (nSPS) is 11.6. The van der Waals surface area contributed by atoms with Crippen molar-refractivity contribution in [2.75, 3.05) is 11.9 Å². The molecule has 2 heterocycles. The first kappa shape index (κ1) is 19.8. The van der Waals surface area contributed by atoms with Gasteiger partial charge in [0, 0.05) is 11.3 Å². The minimum absolute atomic E-state index is 0.0445. The highest BCUT2D eigenvalue weighted by Crippen LogP contribution is 2.32. The largest absolute Gasteiger partial charge is 0.483 e. The number of aryl methyl sites for hydroxylation is 1. The number of carbonyl (C=O) groups is 1. The van der Waals surface area contributed by atoms with Gasteiger partial charge in [0.25, 0.3) is 11.7 Å². The van der Waals surface area contributed by atoms with E-state index in [9.17, 15) is 18.0 Å². The molecule has 30 heavy (non-hydrogen) atoms. The average molecular weight is 433 g/mol. The smallest absolute Gasteiger partial charge is 0.453 e. The summed E-state index contributed by atoms with van der Waals surface area (Å²) in [6.07, 6.45) is -4.64. The average Bonchev–Trinajstić information content (AvgIpc) is 3.28. The van der Waals surface area contributed by atoms with Crippen LogP contribution in [0.1, 0.15) is 11.4 Å². The molecule has 0 spiro atoms. The third-order valence-electron chi connectivity index (χ3n) is 4.11. The molecule has 0 aliphatic heterocycles. The van der Waals surface area contributed by atoms with Crippen LogP contribution >= 0.6 is 11.3 Å². The van der Waals surface area contributed by atoms with Gasteiger partial charge in [0.2, 0.25) is 4.96 Å². The van der Waals surface area contributed by atoms with Crippen LogP contribution in [0, 0.1) is 6.92 Å². The number of hydrogen-bond donors (Lipinski definition) is 1. The maximum absolute atomic E-state index is 12.9. The van der Waals surface area contributed by atoms with E-state index in [1.54, 1.807) is 30.3 Å². The van der Waals surface area contributed by atoms with Crippen LogP contribution in [0.5, 0.6) is 5.75 Å². The number of carbonyl (C=O) groups excluding carboxylic acids is 1. The van der Waals surface area contributed by atoms with E-state index in [2.05, 4.69) is 20.6 Å². The first-order valence-electron chi connectivity index (χ1n) is 8.69. The molecule has 1 N–H and O–H groups in total. The number of aromatic nitrogens is 4. The van der Waals surface area contributed by atoms with Crippen molar-refractivity contribution in [3.05, 3.63) is 59.9 Å². The fraction of sp³-hybridized carbons (Fsp3) is 0.158. The van der Waals surface area contributed by atoms with Gasteiger partial charge in [0.1, 0.15) is 10.8 Å². The summed E-state index contributed by atoms with van der Waals surface area (Å²) in [7, 11) is 0. The number of alkyl halides is 3. The summed E-state index contributed by atoms with van der Waals surface area (Å²) in [5.74, 6) is -0.873. The van der Waals surface area contributed by atoms with Gasteiger partial charge in [-0.1, -0.05) is 29.5 Å². The summed E-state index contributed by atoms with van der Waals surface area (Å²) in [4.78, 5) is 12.1. The van der Waals surface area contributed by atoms with Crippen molar-refractivity contribution in [2.24, 2.45) is 0 Å². The van der Waals surface area contributed by atoms with Crippen molar-refractivity contribution in [1.82, 2.24) is 19.8 Å². The zero-order valence-electron chi connectivity index (χ0n) is 15.5. The Kier molecular flexibility index (Phi) is 5.12. The highest BCUT2D eigenvalue weighted by Gasteiger charge is 2.38. The molecule has 4 aromatic rings. The summed E-state index contributed by atoms with van der Waals surface area (Å²) < 4.78 is 44.9. The molecule has 0 saturated carbocycles. The van der Waals surface area contributed by atoms with E-state index in [0.717, 1.165) is 16.9 Å². The number of halogens is 3. The Bertz CT molecular complexity index is 1200. The second kappa shape index (κ2) is 7.75. The zero-order valence-corrected chi connectivity index (χ0v) is 16.3. The minimum atomic E-state index is -4.64. The molecule has 11 heteroatoms. The van der Waals surface area contributed by atoms with E-state index >= 15 is 0 Å². The Labute approximate surface area is 172 Å². The molecule has 0 atom stereocenters. The van der Waals surface area contributed by atoms with Gasteiger partial charge in [0.05, 0.1) is 0 Å². The standard InChI is InChI=1S/C19H14F3N5O2S/c1-11-4-2-3-5-14(11)29-10-15(28)23-13-8-6-12(7-9-13)16-26-27-17(19(20,21)22)24-25-18(27)30-16/h2-9H,10H2,1H3,(H,23,28). The predicted octanol–water partition coefficient (Wildman–Crippen LogP) is 4.20. The summed E-state index contributed by atoms with van der Waals surface area (Å²) >= 11 is 0.985. The lowest BCUT2D eigenvalue weighted by atomic mass is 10.2. The summed E-state index contributed by atoms with van der Waals surface area (Å²) in [5, 5.41) is 13.7. The molecule has 2 aromatic heterocycles. The first-order valence-corrected chi connectivity index (χ1v) is 9.51. The van der Waals surface area contributed by atoms with Crippen molar-refractivity contribution < 1.29 is 22.7 Å². The van der Waals surface area contributed by atoms with Gasteiger partial charge in [-0.3, -0.25) is 4.79 Å². The molecule has 0 aliphatic carbocycles. The van der Waals surface area contributed by atoms with Gasteiger partial charge in [-0.05, 0) is 42.8 Å². The van der Waals surface area contributed by atoms with Crippen LogP contribution in [0.4, 0.5) is 18.9 Å². The van der Waals surface area contributed by atoms with Crippen molar-refractivity contribution in [2.45, 2.75) is 13.1 Å². The van der Waals surface area contributed by atoms with Crippen molar-refractivity contribution in [3.63, 3.8) is 0 Å². The van der Waals surface area contributed by atoms with Gasteiger partial charge in [-0.25, -0.2) is 0 Å². The van der Waals surface area contributed by atoms with Crippen LogP contribution in [0.15, 0.2) is 48.5 Å². The van der Waals surface area contributed by atoms with Crippen molar-refractivity contribution in [1.29, 1.82) is 0 Å². The molecular weight excluding hydrogens is 419 g/mol. The highest BCUT2D eigenvalue weighted by atomic mass is 32.1. The molecule has 154 valence electrons. The molecule has 1 amide bonds. The number of hydrogen-bond acceptors (Lipinski definition) is 6. The van der Waals surface area contributed by atoms with Crippen LogP contribution in [0.3, 0.4) is 0 Å². The third-order valence-corrected chi connectivity index (χ3v) is 5.06. The van der Waals surface area contributed by atoms with E-state index < -0.39 is 12.0 Å². The van der Waals surface area contributed by atoms with Crippen molar-refractivity contribution >= 4 is 27.9 Å². The van der Waals surface area contributed by atoms with E-state index in [1.807, 2.05) is 25.1 Å². The molecule has 2 aromatic carbocycles. The molecule has 0 bridgehead atoms. The van der Waals surface area contributed by atoms with E-state index in [0.29, 0.717) is 26.5 Å². The maximum atomic E-state index is 12.9. The monoisotopic (exact) mass is 433 g/mol. The Morgan fingerprint density at radius 1 is 1.13 bits per heavy atom. The number of anilines is 1. The molecule has 7 nitrogen and oxygen atoms in total. The number of amides is 1. The quantitative estimate of drug-likeness (QED) is 0.510. The van der Waals surface area contributed by atoms with Gasteiger partial charge in [0.15, 0.2) is 6.61 Å². The number of nitrogens with one attached hydrogen (secondary N) is 1. The lowest BCUT2D eigenvalue weighted by molar-refractivity contribution is -0.146. The fourth-order valence-electron chi connectivity index (χ4n) is 2.67. The van der Waals surface area contributed by atoms with Crippen LogP contribution in [0.25, 0.3) is 15.5 Å². The van der Waals surface area contributed by atoms with Gasteiger partial charge < -0.3 is 10.1 Å². The summed E-state index contributed by atoms with van der Waals surface area (Å²) in [6, 6.07) is 13.9. The fourth-order valence-corrected chi connectivity index (χ4v) is 3.51. The Morgan fingerprint density at radius 2 is 1.87 bits per heavy atom. The van der Waals surface area contributed by atoms with Gasteiger partial charge in [-0.2, -0.15) is 22.8 Å². The zero-order chi connectivity index (χ0) is 21.3. The molecule has 0 fully saturated rings. The molecule has 0 aliphatic rings. The molecule has 0 unspecified atom stereocenters. The van der Waals surface area contributed by atoms with Crippen LogP contribution < -0.4 is 10.1 Å². The van der Waals surface area contributed by atoms with Crippen LogP contribution in [0.2, 0.25) is 0 Å². The molecule has 0 saturated heterocycles. The van der Waals surface area contributed by atoms with Crippen LogP contribution in [-0.4, -0.2) is 32.3 Å². The lowest BCUT2D eigenvalue weighted by Crippen LogP contribution is -2.20. The lowest BCUT2D eigenvalue weighted by Gasteiger charge is -2.09. The predicted molar refractivity (Wildman–Crippen MR) is 104 cm³/mol. The Hall–Kier alpha value is -3.47. The number of ether oxygens (including phenoxy) is 1. The topological polar surface area (TPSA) is 81.4 Å². The third kappa shape index (κ3) is 4.10. The van der Waals surface area contributed by atoms with Gasteiger partial charge >= 0.3 is 6.18 Å². The molecule has 4 rings (SSSR count). The van der Waals surface area contributed by atoms with Gasteiger partial charge in [-0.15, -0.1) is 10.2 Å². The first-order chi connectivity index (χ1) is 14.3. The van der Waals surface area contributed by atoms with Crippen molar-refractivity contribution in [3.8, 4) is 16.3 Å². The minimum Gasteiger partial charge on any atom is -0.483 e. The summed E-state index contributed by atoms with van der Waals surface area (Å²) in [5.41, 5.74) is 2.04. The van der Waals surface area contributed by atoms with E-state index in [-0.39, 0.29) is 17.5 Å². The van der Waals surface area contributed by atoms with E-state index in [4.69, 9.17) is 4.74 Å². The molecule has 0 radical (unpaired) electrons.